The van der Waals surface area contributed by atoms with Crippen molar-refractivity contribution in [3.05, 3.63) is 64.9 Å². The number of anilines is 2. The number of carbonyl (C=O) groups is 1. The van der Waals surface area contributed by atoms with Gasteiger partial charge in [0.2, 0.25) is 0 Å². The molecule has 3 aromatic rings. The van der Waals surface area contributed by atoms with Crippen molar-refractivity contribution in [1.82, 2.24) is 14.7 Å². The number of ether oxygens (including phenoxy) is 1. The Kier molecular flexibility index (Phi) is 9.88. The minimum atomic E-state index is -4.81. The van der Waals surface area contributed by atoms with Gasteiger partial charge in [-0.2, -0.15) is 31.4 Å². The molecular weight excluding hydrogens is 624 g/mol. The fourth-order valence-corrected chi connectivity index (χ4v) is 6.20. The van der Waals surface area contributed by atoms with Crippen LogP contribution in [0.3, 0.4) is 0 Å². The highest BCUT2D eigenvalue weighted by Crippen LogP contribution is 2.40. The van der Waals surface area contributed by atoms with Crippen LogP contribution >= 0.6 is 11.6 Å². The van der Waals surface area contributed by atoms with Crippen molar-refractivity contribution < 1.29 is 35.9 Å². The van der Waals surface area contributed by atoms with Crippen LogP contribution in [0, 0.1) is 0 Å². The van der Waals surface area contributed by atoms with E-state index in [-0.39, 0.29) is 19.7 Å². The van der Waals surface area contributed by atoms with Crippen LogP contribution in [-0.2, 0) is 10.9 Å². The lowest BCUT2D eigenvalue weighted by Crippen LogP contribution is -2.47. The highest BCUT2D eigenvalue weighted by atomic mass is 35.5. The van der Waals surface area contributed by atoms with E-state index in [4.69, 9.17) is 16.3 Å². The zero-order valence-electron chi connectivity index (χ0n) is 24.7. The molecule has 0 radical (unpaired) electrons. The first kappa shape index (κ1) is 32.9. The molecule has 1 unspecified atom stereocenters. The van der Waals surface area contributed by atoms with E-state index in [2.05, 4.69) is 10.00 Å². The van der Waals surface area contributed by atoms with Gasteiger partial charge in [-0.05, 0) is 49.6 Å². The summed E-state index contributed by atoms with van der Waals surface area (Å²) in [7, 11) is 0. The molecule has 0 N–H and O–H groups in total. The van der Waals surface area contributed by atoms with Crippen molar-refractivity contribution in [2.75, 3.05) is 62.2 Å². The zero-order chi connectivity index (χ0) is 32.4. The molecule has 0 aliphatic carbocycles. The third-order valence-corrected chi connectivity index (χ3v) is 8.46. The van der Waals surface area contributed by atoms with E-state index in [0.29, 0.717) is 50.6 Å². The number of nitrogens with zero attached hydrogens (tertiary/aromatic N) is 5. The van der Waals surface area contributed by atoms with Crippen LogP contribution < -0.4 is 9.80 Å². The lowest BCUT2D eigenvalue weighted by molar-refractivity contribution is -0.145. The Bertz CT molecular complexity index is 1470. The highest BCUT2D eigenvalue weighted by molar-refractivity contribution is 6.31. The van der Waals surface area contributed by atoms with Crippen LogP contribution in [0.2, 0.25) is 5.02 Å². The number of hydrogen-bond acceptors (Lipinski definition) is 6. The summed E-state index contributed by atoms with van der Waals surface area (Å²) in [6.07, 6.45) is -7.83. The second kappa shape index (κ2) is 13.5. The van der Waals surface area contributed by atoms with Crippen molar-refractivity contribution in [1.29, 1.82) is 0 Å². The Balaban J connectivity index is 1.33. The third kappa shape index (κ3) is 7.86. The Morgan fingerprint density at radius 2 is 1.69 bits per heavy atom. The number of esters is 1. The van der Waals surface area contributed by atoms with E-state index in [1.807, 2.05) is 40.1 Å². The first-order valence-corrected chi connectivity index (χ1v) is 15.2. The molecule has 0 saturated carbocycles. The van der Waals surface area contributed by atoms with E-state index in [0.717, 1.165) is 33.4 Å². The average molecular weight is 658 g/mol. The van der Waals surface area contributed by atoms with Crippen molar-refractivity contribution in [2.45, 2.75) is 44.6 Å². The number of aromatic nitrogens is 2. The summed E-state index contributed by atoms with van der Waals surface area (Å²) in [4.78, 5) is 18.2. The smallest absolute Gasteiger partial charge is 0.433 e. The predicted molar refractivity (Wildman–Crippen MR) is 160 cm³/mol. The topological polar surface area (TPSA) is 53.8 Å². The number of alkyl halides is 6. The summed E-state index contributed by atoms with van der Waals surface area (Å²) in [6.45, 7) is 4.60. The number of halogens is 7. The molecule has 2 aromatic carbocycles. The molecule has 2 fully saturated rings. The minimum absolute atomic E-state index is 0.00253. The minimum Gasteiger partial charge on any atom is -0.462 e. The molecule has 2 saturated heterocycles. The molecule has 0 spiro atoms. The van der Waals surface area contributed by atoms with E-state index in [9.17, 15) is 31.1 Å². The first-order chi connectivity index (χ1) is 21.3. The zero-order valence-corrected chi connectivity index (χ0v) is 25.4. The molecule has 45 heavy (non-hydrogen) atoms. The Labute approximate surface area is 262 Å². The molecular formula is C31H34ClF6N5O2. The van der Waals surface area contributed by atoms with Crippen molar-refractivity contribution in [2.24, 2.45) is 0 Å². The van der Waals surface area contributed by atoms with Crippen LogP contribution in [0.15, 0.2) is 48.7 Å². The maximum atomic E-state index is 14.2. The first-order valence-electron chi connectivity index (χ1n) is 14.8. The third-order valence-electron chi connectivity index (χ3n) is 8.23. The standard InChI is InChI=1S/C31H34ClF6N5O2/c1-2-45-29(44)26-19-39-43(28(26)31(36,37)38)24-4-3-12-42(20-24)27-18-22(32)7-10-25(27)21-5-8-23(9-6-21)41-16-14-40(15-17-41)13-11-30(33,34)35/h5-10,18-19,24H,2-4,11-17,20H2,1H3. The fraction of sp³-hybridized carbons (Fsp3) is 0.484. The van der Waals surface area contributed by atoms with Gasteiger partial charge in [-0.3, -0.25) is 9.58 Å². The Hall–Kier alpha value is -3.45. The molecule has 1 aromatic heterocycles. The van der Waals surface area contributed by atoms with Gasteiger partial charge in [0.25, 0.3) is 0 Å². The van der Waals surface area contributed by atoms with Crippen molar-refractivity contribution in [3.63, 3.8) is 0 Å². The van der Waals surface area contributed by atoms with Gasteiger partial charge in [0, 0.05) is 67.8 Å². The fourth-order valence-electron chi connectivity index (χ4n) is 6.03. The molecule has 1 atom stereocenters. The van der Waals surface area contributed by atoms with Gasteiger partial charge in [-0.25, -0.2) is 4.79 Å². The Morgan fingerprint density at radius 1 is 0.978 bits per heavy atom. The largest absolute Gasteiger partial charge is 0.462 e. The van der Waals surface area contributed by atoms with E-state index < -0.39 is 42.0 Å². The summed E-state index contributed by atoms with van der Waals surface area (Å²) < 4.78 is 86.1. The average Bonchev–Trinajstić information content (AvgIpc) is 3.47. The molecule has 14 heteroatoms. The number of hydrogen-bond donors (Lipinski definition) is 0. The second-order valence-corrected chi connectivity index (χ2v) is 11.7. The molecule has 2 aliphatic heterocycles. The van der Waals surface area contributed by atoms with Gasteiger partial charge in [-0.1, -0.05) is 29.8 Å². The summed E-state index contributed by atoms with van der Waals surface area (Å²) in [6, 6.07) is 12.6. The van der Waals surface area contributed by atoms with Gasteiger partial charge >= 0.3 is 18.3 Å². The monoisotopic (exact) mass is 657 g/mol. The lowest BCUT2D eigenvalue weighted by Gasteiger charge is -2.37. The van der Waals surface area contributed by atoms with Crippen molar-refractivity contribution >= 4 is 28.9 Å². The number of rotatable bonds is 8. The van der Waals surface area contributed by atoms with Gasteiger partial charge in [0.15, 0.2) is 5.69 Å². The Morgan fingerprint density at radius 3 is 2.33 bits per heavy atom. The molecule has 7 nitrogen and oxygen atoms in total. The predicted octanol–water partition coefficient (Wildman–Crippen LogP) is 7.31. The van der Waals surface area contributed by atoms with Gasteiger partial charge in [0.1, 0.15) is 5.56 Å². The molecule has 3 heterocycles. The summed E-state index contributed by atoms with van der Waals surface area (Å²) in [5, 5.41) is 4.48. The van der Waals surface area contributed by atoms with Crippen molar-refractivity contribution in [3.8, 4) is 11.1 Å². The van der Waals surface area contributed by atoms with Crippen LogP contribution in [0.4, 0.5) is 37.7 Å². The van der Waals surface area contributed by atoms with Crippen LogP contribution in [0.5, 0.6) is 0 Å². The lowest BCUT2D eigenvalue weighted by atomic mass is 9.99. The van der Waals surface area contributed by atoms with Gasteiger partial charge in [-0.15, -0.1) is 0 Å². The second-order valence-electron chi connectivity index (χ2n) is 11.2. The molecule has 2 aliphatic rings. The normalized spacial score (nSPS) is 18.4. The summed E-state index contributed by atoms with van der Waals surface area (Å²) in [5.74, 6) is -1.06. The van der Waals surface area contributed by atoms with Crippen LogP contribution in [-0.4, -0.2) is 79.2 Å². The van der Waals surface area contributed by atoms with E-state index in [1.165, 1.54) is 6.92 Å². The van der Waals surface area contributed by atoms with Crippen LogP contribution in [0.1, 0.15) is 48.3 Å². The number of piperazine rings is 1. The van der Waals surface area contributed by atoms with Gasteiger partial charge < -0.3 is 14.5 Å². The summed E-state index contributed by atoms with van der Waals surface area (Å²) in [5.41, 5.74) is 1.75. The number of benzene rings is 2. The maximum Gasteiger partial charge on any atom is 0.433 e. The van der Waals surface area contributed by atoms with Gasteiger partial charge in [0.05, 0.1) is 25.3 Å². The maximum absolute atomic E-state index is 14.2. The SMILES string of the molecule is CCOC(=O)c1cnn(C2CCCN(c3cc(Cl)ccc3-c3ccc(N4CCN(CCC(F)(F)F)CC4)cc3)C2)c1C(F)(F)F. The van der Waals surface area contributed by atoms with Crippen LogP contribution in [0.25, 0.3) is 11.1 Å². The van der Waals surface area contributed by atoms with E-state index >= 15 is 0 Å². The summed E-state index contributed by atoms with van der Waals surface area (Å²) >= 11 is 6.40. The quantitative estimate of drug-likeness (QED) is 0.187. The van der Waals surface area contributed by atoms with E-state index in [1.54, 1.807) is 12.1 Å². The number of carbonyl (C=O) groups excluding carboxylic acids is 1. The molecule has 0 bridgehead atoms. The molecule has 5 rings (SSSR count). The molecule has 0 amide bonds. The number of piperidine rings is 1. The molecule has 244 valence electrons. The highest BCUT2D eigenvalue weighted by Gasteiger charge is 2.42.